The molecule has 1 aromatic rings. The summed E-state index contributed by atoms with van der Waals surface area (Å²) in [6.45, 7) is 7.97. The van der Waals surface area contributed by atoms with Crippen LogP contribution in [0.2, 0.25) is 0 Å². The van der Waals surface area contributed by atoms with Crippen molar-refractivity contribution in [2.24, 2.45) is 5.73 Å². The number of methoxy groups -OCH3 is 1. The number of ether oxygens (including phenoxy) is 1. The molecule has 0 aromatic carbocycles. The maximum atomic E-state index is 6.07. The highest BCUT2D eigenvalue weighted by Gasteiger charge is 2.20. The highest BCUT2D eigenvalue weighted by molar-refractivity contribution is 5.49. The Morgan fingerprint density at radius 2 is 2.05 bits per heavy atom. The van der Waals surface area contributed by atoms with Gasteiger partial charge >= 0.3 is 0 Å². The Morgan fingerprint density at radius 1 is 1.37 bits per heavy atom. The zero-order valence-corrected chi connectivity index (χ0v) is 12.6. The van der Waals surface area contributed by atoms with Crippen molar-refractivity contribution in [3.63, 3.8) is 0 Å². The standard InChI is InChI=1S/C15H27N3O/c1-5-13(6-2)18(10-11-19-4)15-14(12(3)16)8-7-9-17-15/h7-9,12-13H,5-6,10-11,16H2,1-4H3/t12-/m1/s1. The van der Waals surface area contributed by atoms with Crippen LogP contribution in [0.1, 0.15) is 45.2 Å². The summed E-state index contributed by atoms with van der Waals surface area (Å²) < 4.78 is 5.23. The summed E-state index contributed by atoms with van der Waals surface area (Å²) in [6.07, 6.45) is 4.02. The maximum Gasteiger partial charge on any atom is 0.133 e. The van der Waals surface area contributed by atoms with Crippen LogP contribution < -0.4 is 10.6 Å². The second-order valence-corrected chi connectivity index (χ2v) is 4.86. The summed E-state index contributed by atoms with van der Waals surface area (Å²) in [6, 6.07) is 4.48. The van der Waals surface area contributed by atoms with Crippen LogP contribution >= 0.6 is 0 Å². The SMILES string of the molecule is CCC(CC)N(CCOC)c1ncccc1[C@@H](C)N. The van der Waals surface area contributed by atoms with Gasteiger partial charge in [-0.1, -0.05) is 19.9 Å². The normalized spacial score (nSPS) is 12.7. The number of nitrogens with two attached hydrogens (primary N) is 1. The van der Waals surface area contributed by atoms with Crippen molar-refractivity contribution in [1.82, 2.24) is 4.98 Å². The van der Waals surface area contributed by atoms with E-state index in [2.05, 4.69) is 29.8 Å². The number of nitrogens with zero attached hydrogens (tertiary/aromatic N) is 2. The molecule has 0 aliphatic rings. The lowest BCUT2D eigenvalue weighted by Crippen LogP contribution is -2.38. The Morgan fingerprint density at radius 3 is 2.58 bits per heavy atom. The summed E-state index contributed by atoms with van der Waals surface area (Å²) in [4.78, 5) is 6.90. The van der Waals surface area contributed by atoms with E-state index in [9.17, 15) is 0 Å². The molecule has 0 unspecified atom stereocenters. The molecule has 0 bridgehead atoms. The van der Waals surface area contributed by atoms with Gasteiger partial charge in [-0.25, -0.2) is 4.98 Å². The van der Waals surface area contributed by atoms with E-state index in [0.29, 0.717) is 12.6 Å². The van der Waals surface area contributed by atoms with E-state index in [1.165, 1.54) is 0 Å². The molecule has 0 amide bonds. The quantitative estimate of drug-likeness (QED) is 0.785. The lowest BCUT2D eigenvalue weighted by atomic mass is 10.1. The molecule has 0 saturated carbocycles. The molecule has 1 heterocycles. The number of aromatic nitrogens is 1. The molecule has 4 nitrogen and oxygen atoms in total. The van der Waals surface area contributed by atoms with E-state index >= 15 is 0 Å². The van der Waals surface area contributed by atoms with Gasteiger partial charge in [0.05, 0.1) is 6.61 Å². The first-order valence-electron chi connectivity index (χ1n) is 7.11. The molecule has 1 aromatic heterocycles. The summed E-state index contributed by atoms with van der Waals surface area (Å²) in [5.41, 5.74) is 7.17. The van der Waals surface area contributed by atoms with Gasteiger partial charge in [0, 0.05) is 37.5 Å². The van der Waals surface area contributed by atoms with Crippen LogP contribution in [0.15, 0.2) is 18.3 Å². The molecule has 1 rings (SSSR count). The van der Waals surface area contributed by atoms with Crippen molar-refractivity contribution in [3.05, 3.63) is 23.9 Å². The van der Waals surface area contributed by atoms with Gasteiger partial charge in [0.25, 0.3) is 0 Å². The van der Waals surface area contributed by atoms with E-state index in [-0.39, 0.29) is 6.04 Å². The summed E-state index contributed by atoms with van der Waals surface area (Å²) >= 11 is 0. The van der Waals surface area contributed by atoms with Crippen molar-refractivity contribution >= 4 is 5.82 Å². The van der Waals surface area contributed by atoms with Crippen molar-refractivity contribution < 1.29 is 4.74 Å². The van der Waals surface area contributed by atoms with Crippen molar-refractivity contribution in [1.29, 1.82) is 0 Å². The van der Waals surface area contributed by atoms with E-state index in [4.69, 9.17) is 10.5 Å². The topological polar surface area (TPSA) is 51.4 Å². The van der Waals surface area contributed by atoms with E-state index in [0.717, 1.165) is 30.8 Å². The van der Waals surface area contributed by atoms with Crippen LogP contribution in [0.4, 0.5) is 5.82 Å². The van der Waals surface area contributed by atoms with E-state index in [1.54, 1.807) is 7.11 Å². The largest absolute Gasteiger partial charge is 0.383 e. The first-order chi connectivity index (χ1) is 9.15. The van der Waals surface area contributed by atoms with Gasteiger partial charge in [-0.05, 0) is 25.8 Å². The van der Waals surface area contributed by atoms with Crippen molar-refractivity contribution in [3.8, 4) is 0 Å². The molecule has 0 aliphatic carbocycles. The van der Waals surface area contributed by atoms with E-state index < -0.39 is 0 Å². The minimum Gasteiger partial charge on any atom is -0.383 e. The third-order valence-corrected chi connectivity index (χ3v) is 3.50. The van der Waals surface area contributed by atoms with Crippen LogP contribution in [-0.4, -0.2) is 31.3 Å². The minimum absolute atomic E-state index is 0.0110. The van der Waals surface area contributed by atoms with Crippen LogP contribution in [0.25, 0.3) is 0 Å². The zero-order valence-electron chi connectivity index (χ0n) is 12.6. The molecular weight excluding hydrogens is 238 g/mol. The summed E-state index contributed by atoms with van der Waals surface area (Å²) in [5, 5.41) is 0. The molecule has 0 saturated heterocycles. The average Bonchev–Trinajstić information content (AvgIpc) is 2.43. The minimum atomic E-state index is -0.0110. The molecule has 0 aliphatic heterocycles. The Hall–Kier alpha value is -1.13. The predicted molar refractivity (Wildman–Crippen MR) is 80.4 cm³/mol. The molecule has 0 fully saturated rings. The molecular formula is C15H27N3O. The fourth-order valence-corrected chi connectivity index (χ4v) is 2.39. The Kier molecular flexibility index (Phi) is 6.81. The number of hydrogen-bond donors (Lipinski definition) is 1. The second-order valence-electron chi connectivity index (χ2n) is 4.86. The number of pyridine rings is 1. The molecule has 2 N–H and O–H groups in total. The molecule has 4 heteroatoms. The Labute approximate surface area is 117 Å². The van der Waals surface area contributed by atoms with Gasteiger partial charge < -0.3 is 15.4 Å². The molecule has 19 heavy (non-hydrogen) atoms. The van der Waals surface area contributed by atoms with Crippen LogP contribution in [0.5, 0.6) is 0 Å². The van der Waals surface area contributed by atoms with Gasteiger partial charge in [0.1, 0.15) is 5.82 Å². The van der Waals surface area contributed by atoms with Crippen LogP contribution in [-0.2, 0) is 4.74 Å². The monoisotopic (exact) mass is 265 g/mol. The number of hydrogen-bond acceptors (Lipinski definition) is 4. The molecule has 0 radical (unpaired) electrons. The van der Waals surface area contributed by atoms with Gasteiger partial charge in [-0.3, -0.25) is 0 Å². The fourth-order valence-electron chi connectivity index (χ4n) is 2.39. The second kappa shape index (κ2) is 8.12. The Balaban J connectivity index is 3.08. The van der Waals surface area contributed by atoms with Gasteiger partial charge in [0.2, 0.25) is 0 Å². The molecule has 0 spiro atoms. The molecule has 108 valence electrons. The summed E-state index contributed by atoms with van der Waals surface area (Å²) in [7, 11) is 1.73. The van der Waals surface area contributed by atoms with Crippen molar-refractivity contribution in [2.45, 2.75) is 45.7 Å². The van der Waals surface area contributed by atoms with Crippen LogP contribution in [0, 0.1) is 0 Å². The average molecular weight is 265 g/mol. The number of anilines is 1. The smallest absolute Gasteiger partial charge is 0.133 e. The third-order valence-electron chi connectivity index (χ3n) is 3.50. The highest BCUT2D eigenvalue weighted by Crippen LogP contribution is 2.25. The summed E-state index contributed by atoms with van der Waals surface area (Å²) in [5.74, 6) is 1.00. The first-order valence-corrected chi connectivity index (χ1v) is 7.11. The lowest BCUT2D eigenvalue weighted by Gasteiger charge is -2.33. The Bertz CT molecular complexity index is 364. The van der Waals surface area contributed by atoms with Crippen molar-refractivity contribution in [2.75, 3.05) is 25.2 Å². The van der Waals surface area contributed by atoms with Crippen LogP contribution in [0.3, 0.4) is 0 Å². The lowest BCUT2D eigenvalue weighted by molar-refractivity contribution is 0.202. The zero-order chi connectivity index (χ0) is 14.3. The van der Waals surface area contributed by atoms with E-state index in [1.807, 2.05) is 19.2 Å². The highest BCUT2D eigenvalue weighted by atomic mass is 16.5. The van der Waals surface area contributed by atoms with Gasteiger partial charge in [0.15, 0.2) is 0 Å². The maximum absolute atomic E-state index is 6.07. The van der Waals surface area contributed by atoms with Gasteiger partial charge in [-0.2, -0.15) is 0 Å². The first kappa shape index (κ1) is 15.9. The fraction of sp³-hybridized carbons (Fsp3) is 0.667. The third kappa shape index (κ3) is 4.18. The molecule has 1 atom stereocenters. The predicted octanol–water partition coefficient (Wildman–Crippen LogP) is 2.74. The van der Waals surface area contributed by atoms with Gasteiger partial charge in [-0.15, -0.1) is 0 Å². The number of rotatable bonds is 8.